The predicted molar refractivity (Wildman–Crippen MR) is 57.1 cm³/mol. The van der Waals surface area contributed by atoms with E-state index in [0.29, 0.717) is 6.54 Å². The van der Waals surface area contributed by atoms with Gasteiger partial charge in [-0.05, 0) is 13.0 Å². The summed E-state index contributed by atoms with van der Waals surface area (Å²) in [6.45, 7) is 8.79. The van der Waals surface area contributed by atoms with Gasteiger partial charge in [0, 0.05) is 13.5 Å². The highest BCUT2D eigenvalue weighted by Gasteiger charge is 2.04. The molecule has 1 atom stereocenters. The fourth-order valence-corrected chi connectivity index (χ4v) is 0.718. The van der Waals surface area contributed by atoms with Gasteiger partial charge >= 0.3 is 5.97 Å². The van der Waals surface area contributed by atoms with Gasteiger partial charge in [0.05, 0.1) is 0 Å². The van der Waals surface area contributed by atoms with Gasteiger partial charge in [-0.15, -0.1) is 0 Å². The lowest BCUT2D eigenvalue weighted by molar-refractivity contribution is -0.143. The van der Waals surface area contributed by atoms with Gasteiger partial charge in [-0.25, -0.2) is 0 Å². The highest BCUT2D eigenvalue weighted by Crippen LogP contribution is 1.84. The maximum Gasteiger partial charge on any atom is 0.302 e. The molecule has 86 valence electrons. The highest BCUT2D eigenvalue weighted by atomic mass is 16.5. The molecule has 0 heterocycles. The largest absolute Gasteiger partial charge is 0.463 e. The molecule has 2 N–H and O–H groups in total. The molecule has 0 aliphatic heterocycles. The highest BCUT2D eigenvalue weighted by molar-refractivity contribution is 5.65. The van der Waals surface area contributed by atoms with Crippen molar-refractivity contribution in [1.82, 2.24) is 5.32 Å². The second-order valence-electron chi connectivity index (χ2n) is 2.66. The zero-order chi connectivity index (χ0) is 11.4. The predicted octanol–water partition coefficient (Wildman–Crippen LogP) is 0.936. The maximum absolute atomic E-state index is 10.3. The summed E-state index contributed by atoms with van der Waals surface area (Å²) in [5.41, 5.74) is 0. The molecule has 0 bridgehead atoms. The van der Waals surface area contributed by atoms with E-state index in [1.165, 1.54) is 6.92 Å². The summed E-state index contributed by atoms with van der Waals surface area (Å²) in [6, 6.07) is 0. The molecule has 0 aromatic carbocycles. The van der Waals surface area contributed by atoms with E-state index in [1.807, 2.05) is 20.8 Å². The number of aliphatic hydroxyl groups excluding tert-OH is 1. The minimum Gasteiger partial charge on any atom is -0.463 e. The van der Waals surface area contributed by atoms with Crippen LogP contribution in [0.5, 0.6) is 0 Å². The lowest BCUT2D eigenvalue weighted by Gasteiger charge is -2.10. The topological polar surface area (TPSA) is 58.6 Å². The van der Waals surface area contributed by atoms with E-state index >= 15 is 0 Å². The standard InChI is InChI=1S/C8H17NO3.C2H6/c1-3-4-9-5-8(11)6-12-7(2)10;1-2/h8-9,11H,3-6H2,1-2H3;1-2H3. The first-order valence-electron chi connectivity index (χ1n) is 5.19. The first kappa shape index (κ1) is 15.8. The van der Waals surface area contributed by atoms with Gasteiger partial charge in [0.2, 0.25) is 0 Å². The van der Waals surface area contributed by atoms with Crippen LogP contribution in [-0.2, 0) is 9.53 Å². The normalized spacial score (nSPS) is 11.2. The summed E-state index contributed by atoms with van der Waals surface area (Å²) in [5, 5.41) is 12.2. The summed E-state index contributed by atoms with van der Waals surface area (Å²) in [4.78, 5) is 10.3. The maximum atomic E-state index is 10.3. The van der Waals surface area contributed by atoms with E-state index in [4.69, 9.17) is 0 Å². The molecule has 0 radical (unpaired) electrons. The Kier molecular flexibility index (Phi) is 14.0. The molecule has 0 spiro atoms. The van der Waals surface area contributed by atoms with Crippen LogP contribution in [0.3, 0.4) is 0 Å². The lowest BCUT2D eigenvalue weighted by atomic mass is 10.3. The molecule has 4 nitrogen and oxygen atoms in total. The van der Waals surface area contributed by atoms with Crippen LogP contribution in [0.4, 0.5) is 0 Å². The molecule has 0 aliphatic rings. The number of nitrogens with one attached hydrogen (secondary N) is 1. The second kappa shape index (κ2) is 12.4. The monoisotopic (exact) mass is 205 g/mol. The van der Waals surface area contributed by atoms with Crippen molar-refractivity contribution in [3.63, 3.8) is 0 Å². The third-order valence-corrected chi connectivity index (χ3v) is 1.29. The average molecular weight is 205 g/mol. The van der Waals surface area contributed by atoms with Crippen molar-refractivity contribution in [2.24, 2.45) is 0 Å². The van der Waals surface area contributed by atoms with Crippen LogP contribution in [0.25, 0.3) is 0 Å². The minimum absolute atomic E-state index is 0.0754. The Balaban J connectivity index is 0. The first-order valence-corrected chi connectivity index (χ1v) is 5.19. The van der Waals surface area contributed by atoms with E-state index in [9.17, 15) is 9.90 Å². The van der Waals surface area contributed by atoms with Gasteiger partial charge < -0.3 is 15.2 Å². The van der Waals surface area contributed by atoms with E-state index in [-0.39, 0.29) is 12.6 Å². The third kappa shape index (κ3) is 13.9. The Hall–Kier alpha value is -0.610. The number of hydrogen-bond acceptors (Lipinski definition) is 4. The van der Waals surface area contributed by atoms with Crippen molar-refractivity contribution in [2.75, 3.05) is 19.7 Å². The fraction of sp³-hybridized carbons (Fsp3) is 0.900. The van der Waals surface area contributed by atoms with Crippen LogP contribution in [0.2, 0.25) is 0 Å². The van der Waals surface area contributed by atoms with Gasteiger partial charge in [-0.2, -0.15) is 0 Å². The van der Waals surface area contributed by atoms with Gasteiger partial charge in [0.15, 0.2) is 0 Å². The molecule has 0 fully saturated rings. The Morgan fingerprint density at radius 2 is 2.07 bits per heavy atom. The summed E-state index contributed by atoms with van der Waals surface area (Å²) >= 11 is 0. The Morgan fingerprint density at radius 3 is 2.50 bits per heavy atom. The Bertz CT molecular complexity index is 129. The number of esters is 1. The van der Waals surface area contributed by atoms with Crippen molar-refractivity contribution in [3.8, 4) is 0 Å². The molecule has 0 amide bonds. The summed E-state index contributed by atoms with van der Waals surface area (Å²) < 4.78 is 4.61. The van der Waals surface area contributed by atoms with Crippen molar-refractivity contribution in [1.29, 1.82) is 0 Å². The zero-order valence-electron chi connectivity index (χ0n) is 9.67. The summed E-state index contributed by atoms with van der Waals surface area (Å²) in [5.74, 6) is -0.357. The summed E-state index contributed by atoms with van der Waals surface area (Å²) in [7, 11) is 0. The molecule has 0 saturated carbocycles. The lowest BCUT2D eigenvalue weighted by Crippen LogP contribution is -2.31. The van der Waals surface area contributed by atoms with E-state index in [0.717, 1.165) is 13.0 Å². The van der Waals surface area contributed by atoms with E-state index in [2.05, 4.69) is 10.1 Å². The molecule has 0 aliphatic carbocycles. The number of aliphatic hydroxyl groups is 1. The molecule has 4 heteroatoms. The molecule has 0 aromatic heterocycles. The number of rotatable bonds is 6. The van der Waals surface area contributed by atoms with Crippen molar-refractivity contribution >= 4 is 5.97 Å². The molecule has 0 saturated heterocycles. The fourth-order valence-electron chi connectivity index (χ4n) is 0.718. The molecule has 1 unspecified atom stereocenters. The smallest absolute Gasteiger partial charge is 0.302 e. The Labute approximate surface area is 86.6 Å². The van der Waals surface area contributed by atoms with Crippen LogP contribution in [-0.4, -0.2) is 36.9 Å². The van der Waals surface area contributed by atoms with Crippen molar-refractivity contribution in [2.45, 2.75) is 40.2 Å². The Morgan fingerprint density at radius 1 is 1.50 bits per heavy atom. The molecular weight excluding hydrogens is 182 g/mol. The minimum atomic E-state index is -0.597. The van der Waals surface area contributed by atoms with Crippen LogP contribution in [0, 0.1) is 0 Å². The average Bonchev–Trinajstić information content (AvgIpc) is 2.18. The summed E-state index contributed by atoms with van der Waals surface area (Å²) in [6.07, 6.45) is 0.431. The number of hydrogen-bond donors (Lipinski definition) is 2. The van der Waals surface area contributed by atoms with E-state index < -0.39 is 6.10 Å². The van der Waals surface area contributed by atoms with Crippen LogP contribution in [0.15, 0.2) is 0 Å². The SMILES string of the molecule is CC.CCCNCC(O)COC(C)=O. The van der Waals surface area contributed by atoms with Crippen LogP contribution in [0.1, 0.15) is 34.1 Å². The second-order valence-corrected chi connectivity index (χ2v) is 2.66. The van der Waals surface area contributed by atoms with Crippen molar-refractivity contribution in [3.05, 3.63) is 0 Å². The molecule has 0 rings (SSSR count). The van der Waals surface area contributed by atoms with Gasteiger partial charge in [-0.3, -0.25) is 4.79 Å². The van der Waals surface area contributed by atoms with Gasteiger partial charge in [0.25, 0.3) is 0 Å². The number of ether oxygens (including phenoxy) is 1. The third-order valence-electron chi connectivity index (χ3n) is 1.29. The van der Waals surface area contributed by atoms with Crippen LogP contribution < -0.4 is 5.32 Å². The quantitative estimate of drug-likeness (QED) is 0.500. The van der Waals surface area contributed by atoms with Gasteiger partial charge in [-0.1, -0.05) is 20.8 Å². The first-order chi connectivity index (χ1) is 6.66. The molecule has 14 heavy (non-hydrogen) atoms. The number of carbonyl (C=O) groups excluding carboxylic acids is 1. The van der Waals surface area contributed by atoms with Gasteiger partial charge in [0.1, 0.15) is 12.7 Å². The number of carbonyl (C=O) groups is 1. The molecular formula is C10H23NO3. The van der Waals surface area contributed by atoms with Crippen molar-refractivity contribution < 1.29 is 14.6 Å². The van der Waals surface area contributed by atoms with Crippen LogP contribution >= 0.6 is 0 Å². The van der Waals surface area contributed by atoms with E-state index in [1.54, 1.807) is 0 Å². The molecule has 0 aromatic rings. The zero-order valence-corrected chi connectivity index (χ0v) is 9.67.